The van der Waals surface area contributed by atoms with Crippen LogP contribution in [-0.4, -0.2) is 4.92 Å². The third-order valence-electron chi connectivity index (χ3n) is 2.71. The van der Waals surface area contributed by atoms with E-state index >= 15 is 0 Å². The van der Waals surface area contributed by atoms with Crippen LogP contribution in [0.3, 0.4) is 0 Å². The highest BCUT2D eigenvalue weighted by atomic mass is 79.9. The third kappa shape index (κ3) is 3.13. The van der Waals surface area contributed by atoms with Gasteiger partial charge < -0.3 is 5.32 Å². The standard InChI is InChI=1S/C14H10BrN3O2/c15-12-5-1-3-10(7-12)9-17-13-6-2-4-11(8-16)14(13)18(19)20/h1-7,17H,9H2. The van der Waals surface area contributed by atoms with Crippen LogP contribution in [0, 0.1) is 21.4 Å². The molecule has 0 saturated heterocycles. The molecular weight excluding hydrogens is 322 g/mol. The molecule has 0 aliphatic heterocycles. The molecule has 0 aromatic heterocycles. The maximum atomic E-state index is 11.1. The summed E-state index contributed by atoms with van der Waals surface area (Å²) in [5.41, 5.74) is 1.18. The van der Waals surface area contributed by atoms with Crippen molar-refractivity contribution in [2.24, 2.45) is 0 Å². The van der Waals surface area contributed by atoms with Crippen molar-refractivity contribution in [3.8, 4) is 6.07 Å². The number of para-hydroxylation sites is 1. The van der Waals surface area contributed by atoms with Gasteiger partial charge in [0, 0.05) is 11.0 Å². The van der Waals surface area contributed by atoms with Crippen molar-refractivity contribution < 1.29 is 4.92 Å². The maximum absolute atomic E-state index is 11.1. The predicted octanol–water partition coefficient (Wildman–Crippen LogP) is 3.84. The van der Waals surface area contributed by atoms with Gasteiger partial charge in [0.15, 0.2) is 0 Å². The second-order valence-corrected chi connectivity index (χ2v) is 4.97. The normalized spacial score (nSPS) is 9.80. The molecule has 6 heteroatoms. The lowest BCUT2D eigenvalue weighted by Crippen LogP contribution is -2.04. The van der Waals surface area contributed by atoms with Gasteiger partial charge in [-0.1, -0.05) is 34.1 Å². The number of nitrogens with one attached hydrogen (secondary N) is 1. The van der Waals surface area contributed by atoms with E-state index in [9.17, 15) is 10.1 Å². The second kappa shape index (κ2) is 6.17. The largest absolute Gasteiger partial charge is 0.375 e. The molecule has 0 heterocycles. The van der Waals surface area contributed by atoms with Gasteiger partial charge in [0.2, 0.25) is 0 Å². The number of nitro benzene ring substituents is 1. The highest BCUT2D eigenvalue weighted by Crippen LogP contribution is 2.28. The fourth-order valence-corrected chi connectivity index (χ4v) is 2.26. The number of hydrogen-bond donors (Lipinski definition) is 1. The molecule has 0 radical (unpaired) electrons. The van der Waals surface area contributed by atoms with Crippen LogP contribution in [0.4, 0.5) is 11.4 Å². The quantitative estimate of drug-likeness (QED) is 0.681. The maximum Gasteiger partial charge on any atom is 0.309 e. The number of rotatable bonds is 4. The van der Waals surface area contributed by atoms with Crippen LogP contribution in [0.25, 0.3) is 0 Å². The van der Waals surface area contributed by atoms with Crippen LogP contribution in [0.1, 0.15) is 11.1 Å². The zero-order valence-corrected chi connectivity index (χ0v) is 11.9. The number of anilines is 1. The van der Waals surface area contributed by atoms with Crippen LogP contribution in [0.15, 0.2) is 46.9 Å². The summed E-state index contributed by atoms with van der Waals surface area (Å²) in [7, 11) is 0. The van der Waals surface area contributed by atoms with Crippen molar-refractivity contribution in [2.75, 3.05) is 5.32 Å². The summed E-state index contributed by atoms with van der Waals surface area (Å²) in [4.78, 5) is 10.5. The van der Waals surface area contributed by atoms with E-state index in [1.165, 1.54) is 6.07 Å². The lowest BCUT2D eigenvalue weighted by Gasteiger charge is -2.08. The minimum Gasteiger partial charge on any atom is -0.375 e. The first-order valence-corrected chi connectivity index (χ1v) is 6.57. The summed E-state index contributed by atoms with van der Waals surface area (Å²) in [6.07, 6.45) is 0. The fraction of sp³-hybridized carbons (Fsp3) is 0.0714. The topological polar surface area (TPSA) is 79.0 Å². The van der Waals surface area contributed by atoms with E-state index < -0.39 is 4.92 Å². The van der Waals surface area contributed by atoms with Gasteiger partial charge in [0.1, 0.15) is 17.3 Å². The lowest BCUT2D eigenvalue weighted by molar-refractivity contribution is -0.384. The van der Waals surface area contributed by atoms with Gasteiger partial charge in [-0.05, 0) is 29.8 Å². The van der Waals surface area contributed by atoms with E-state index in [0.29, 0.717) is 12.2 Å². The third-order valence-corrected chi connectivity index (χ3v) is 3.20. The van der Waals surface area contributed by atoms with Crippen LogP contribution < -0.4 is 5.32 Å². The van der Waals surface area contributed by atoms with Gasteiger partial charge in [-0.25, -0.2) is 0 Å². The van der Waals surface area contributed by atoms with Crippen molar-refractivity contribution in [2.45, 2.75) is 6.54 Å². The Kier molecular flexibility index (Phi) is 4.33. The average Bonchev–Trinajstić information content (AvgIpc) is 2.44. The SMILES string of the molecule is N#Cc1cccc(NCc2cccc(Br)c2)c1[N+](=O)[O-]. The van der Waals surface area contributed by atoms with Gasteiger partial charge in [0.05, 0.1) is 4.92 Å². The first-order valence-electron chi connectivity index (χ1n) is 5.77. The Morgan fingerprint density at radius 3 is 2.70 bits per heavy atom. The molecule has 20 heavy (non-hydrogen) atoms. The highest BCUT2D eigenvalue weighted by Gasteiger charge is 2.19. The summed E-state index contributed by atoms with van der Waals surface area (Å²) >= 11 is 3.37. The Morgan fingerprint density at radius 1 is 1.30 bits per heavy atom. The molecule has 0 aliphatic rings. The number of benzene rings is 2. The Labute approximate surface area is 124 Å². The molecule has 5 nitrogen and oxygen atoms in total. The number of hydrogen-bond acceptors (Lipinski definition) is 4. The molecule has 0 bridgehead atoms. The summed E-state index contributed by atoms with van der Waals surface area (Å²) in [6, 6.07) is 14.1. The van der Waals surface area contributed by atoms with E-state index in [0.717, 1.165) is 10.0 Å². The number of nitro groups is 1. The minimum absolute atomic E-state index is 0.0502. The second-order valence-electron chi connectivity index (χ2n) is 4.05. The van der Waals surface area contributed by atoms with Gasteiger partial charge in [-0.15, -0.1) is 0 Å². The van der Waals surface area contributed by atoms with E-state index in [1.807, 2.05) is 30.3 Å². The van der Waals surface area contributed by atoms with Crippen molar-refractivity contribution in [1.29, 1.82) is 5.26 Å². The molecule has 0 amide bonds. The molecule has 100 valence electrons. The number of halogens is 1. The first-order chi connectivity index (χ1) is 9.61. The van der Waals surface area contributed by atoms with E-state index in [1.54, 1.807) is 12.1 Å². The van der Waals surface area contributed by atoms with Gasteiger partial charge >= 0.3 is 5.69 Å². The molecule has 0 unspecified atom stereocenters. The summed E-state index contributed by atoms with van der Waals surface area (Å²) < 4.78 is 0.942. The van der Waals surface area contributed by atoms with Crippen molar-refractivity contribution in [1.82, 2.24) is 0 Å². The predicted molar refractivity (Wildman–Crippen MR) is 79.3 cm³/mol. The molecule has 2 aromatic rings. The molecule has 0 spiro atoms. The highest BCUT2D eigenvalue weighted by molar-refractivity contribution is 9.10. The Morgan fingerprint density at radius 2 is 2.05 bits per heavy atom. The van der Waals surface area contributed by atoms with Crippen LogP contribution in [0.5, 0.6) is 0 Å². The molecule has 0 saturated carbocycles. The number of nitrogens with zero attached hydrogens (tertiary/aromatic N) is 2. The van der Waals surface area contributed by atoms with E-state index in [4.69, 9.17) is 5.26 Å². The zero-order valence-electron chi connectivity index (χ0n) is 10.3. The van der Waals surface area contributed by atoms with E-state index in [-0.39, 0.29) is 11.3 Å². The fourth-order valence-electron chi connectivity index (χ4n) is 1.82. The molecule has 0 aliphatic carbocycles. The van der Waals surface area contributed by atoms with Gasteiger partial charge in [-0.2, -0.15) is 5.26 Å². The Balaban J connectivity index is 2.26. The molecule has 2 rings (SSSR count). The molecule has 2 aromatic carbocycles. The smallest absolute Gasteiger partial charge is 0.309 e. The average molecular weight is 332 g/mol. The summed E-state index contributed by atoms with van der Waals surface area (Å²) in [5.74, 6) is 0. The van der Waals surface area contributed by atoms with Crippen molar-refractivity contribution >= 4 is 27.3 Å². The summed E-state index contributed by atoms with van der Waals surface area (Å²) in [5, 5.41) is 23.0. The molecule has 0 atom stereocenters. The monoisotopic (exact) mass is 331 g/mol. The van der Waals surface area contributed by atoms with Crippen LogP contribution in [-0.2, 0) is 6.54 Å². The van der Waals surface area contributed by atoms with Crippen molar-refractivity contribution in [3.63, 3.8) is 0 Å². The minimum atomic E-state index is -0.540. The molecule has 0 fully saturated rings. The lowest BCUT2D eigenvalue weighted by atomic mass is 10.1. The number of nitriles is 1. The van der Waals surface area contributed by atoms with Gasteiger partial charge in [0.25, 0.3) is 0 Å². The zero-order chi connectivity index (χ0) is 14.5. The molecule has 1 N–H and O–H groups in total. The Hall–Kier alpha value is -2.39. The summed E-state index contributed by atoms with van der Waals surface area (Å²) in [6.45, 7) is 0.440. The first kappa shape index (κ1) is 14.0. The van der Waals surface area contributed by atoms with Crippen LogP contribution >= 0.6 is 15.9 Å². The van der Waals surface area contributed by atoms with E-state index in [2.05, 4.69) is 21.2 Å². The van der Waals surface area contributed by atoms with Crippen LogP contribution in [0.2, 0.25) is 0 Å². The van der Waals surface area contributed by atoms with Gasteiger partial charge in [-0.3, -0.25) is 10.1 Å². The Bertz CT molecular complexity index is 695. The van der Waals surface area contributed by atoms with Crippen molar-refractivity contribution in [3.05, 3.63) is 68.2 Å². The molecular formula is C14H10BrN3O2.